The second-order valence-corrected chi connectivity index (χ2v) is 5.87. The van der Waals surface area contributed by atoms with E-state index >= 15 is 0 Å². The molecule has 1 aliphatic rings. The van der Waals surface area contributed by atoms with Gasteiger partial charge in [0.2, 0.25) is 0 Å². The molecule has 3 heterocycles. The first-order valence-electron chi connectivity index (χ1n) is 8.12. The van der Waals surface area contributed by atoms with Gasteiger partial charge in [0.15, 0.2) is 17.8 Å². The van der Waals surface area contributed by atoms with Crippen LogP contribution in [0.3, 0.4) is 0 Å². The number of hydrogen-bond acceptors (Lipinski definition) is 7. The summed E-state index contributed by atoms with van der Waals surface area (Å²) < 4.78 is 17.1. The summed E-state index contributed by atoms with van der Waals surface area (Å²) in [7, 11) is 0. The molecule has 1 saturated heterocycles. The van der Waals surface area contributed by atoms with E-state index in [1.165, 1.54) is 6.33 Å². The zero-order valence-electron chi connectivity index (χ0n) is 13.6. The largest absolute Gasteiger partial charge is 0.382 e. The van der Waals surface area contributed by atoms with Crippen molar-refractivity contribution in [1.29, 1.82) is 0 Å². The minimum atomic E-state index is -0.358. The molecule has 3 aromatic rings. The first-order valence-corrected chi connectivity index (χ1v) is 8.12. The van der Waals surface area contributed by atoms with E-state index in [4.69, 9.17) is 19.9 Å². The number of nitrogens with one attached hydrogen (secondary N) is 1. The molecule has 1 fully saturated rings. The molecule has 1 aromatic carbocycles. The number of anilines is 1. The smallest absolute Gasteiger partial charge is 0.183 e. The summed E-state index contributed by atoms with van der Waals surface area (Å²) in [6, 6.07) is 10.0. The van der Waals surface area contributed by atoms with E-state index in [9.17, 15) is 0 Å². The summed E-state index contributed by atoms with van der Waals surface area (Å²) in [5.41, 5.74) is 8.14. The monoisotopic (exact) mass is 341 g/mol. The molecular weight excluding hydrogens is 322 g/mol. The standard InChI is InChI=1S/C17H19N5O3/c18-16-15-17(20-10-19-16)22-13(21-15)6-12-8-24-14(25-12)9-23-7-11-4-2-1-3-5-11/h1-5,10,12,14H,6-9H2,(H3,18,19,20,21,22)/t12-,14+/m0/s1. The molecule has 2 aromatic heterocycles. The summed E-state index contributed by atoms with van der Waals surface area (Å²) >= 11 is 0. The van der Waals surface area contributed by atoms with Gasteiger partial charge in [-0.2, -0.15) is 0 Å². The van der Waals surface area contributed by atoms with Gasteiger partial charge in [-0.1, -0.05) is 30.3 Å². The number of aromatic amines is 1. The van der Waals surface area contributed by atoms with Crippen LogP contribution in [-0.4, -0.2) is 45.5 Å². The summed E-state index contributed by atoms with van der Waals surface area (Å²) in [4.78, 5) is 15.6. The highest BCUT2D eigenvalue weighted by Crippen LogP contribution is 2.19. The van der Waals surface area contributed by atoms with Gasteiger partial charge in [0, 0.05) is 6.42 Å². The maximum absolute atomic E-state index is 5.86. The molecule has 1 aliphatic heterocycles. The molecule has 0 spiro atoms. The van der Waals surface area contributed by atoms with Crippen LogP contribution in [0, 0.1) is 0 Å². The molecule has 0 unspecified atom stereocenters. The highest BCUT2D eigenvalue weighted by molar-refractivity contribution is 5.80. The Morgan fingerprint density at radius 1 is 1.24 bits per heavy atom. The number of nitrogens with two attached hydrogens (primary N) is 1. The third-order valence-electron chi connectivity index (χ3n) is 3.97. The molecule has 0 aliphatic carbocycles. The third kappa shape index (κ3) is 3.76. The number of aromatic nitrogens is 4. The number of benzene rings is 1. The number of H-pyrrole nitrogens is 1. The molecule has 0 bridgehead atoms. The molecule has 8 heteroatoms. The zero-order valence-corrected chi connectivity index (χ0v) is 13.6. The van der Waals surface area contributed by atoms with Gasteiger partial charge >= 0.3 is 0 Å². The number of ether oxygens (including phenoxy) is 3. The lowest BCUT2D eigenvalue weighted by molar-refractivity contribution is -0.108. The summed E-state index contributed by atoms with van der Waals surface area (Å²) in [6.45, 7) is 1.43. The number of hydrogen-bond donors (Lipinski definition) is 2. The van der Waals surface area contributed by atoms with Gasteiger partial charge in [-0.05, 0) is 5.56 Å². The second kappa shape index (κ2) is 7.14. The molecule has 2 atom stereocenters. The van der Waals surface area contributed by atoms with Crippen LogP contribution in [0.4, 0.5) is 5.82 Å². The molecule has 0 amide bonds. The number of nitrogens with zero attached hydrogens (tertiary/aromatic N) is 3. The SMILES string of the molecule is Nc1ncnc2nc(C[C@H]3CO[C@@H](COCc4ccccc4)O3)[nH]c12. The van der Waals surface area contributed by atoms with E-state index in [1.54, 1.807) is 0 Å². The maximum Gasteiger partial charge on any atom is 0.183 e. The van der Waals surface area contributed by atoms with Crippen molar-refractivity contribution in [1.82, 2.24) is 19.9 Å². The van der Waals surface area contributed by atoms with Gasteiger partial charge in [0.25, 0.3) is 0 Å². The topological polar surface area (TPSA) is 108 Å². The van der Waals surface area contributed by atoms with Crippen molar-refractivity contribution in [3.05, 3.63) is 48.0 Å². The van der Waals surface area contributed by atoms with Crippen molar-refractivity contribution >= 4 is 17.0 Å². The van der Waals surface area contributed by atoms with Crippen molar-refractivity contribution in [3.8, 4) is 0 Å². The minimum Gasteiger partial charge on any atom is -0.382 e. The quantitative estimate of drug-likeness (QED) is 0.698. The third-order valence-corrected chi connectivity index (χ3v) is 3.97. The Morgan fingerprint density at radius 2 is 2.12 bits per heavy atom. The fourth-order valence-corrected chi connectivity index (χ4v) is 2.76. The molecule has 25 heavy (non-hydrogen) atoms. The lowest BCUT2D eigenvalue weighted by Crippen LogP contribution is -2.19. The lowest BCUT2D eigenvalue weighted by atomic mass is 10.2. The summed E-state index contributed by atoms with van der Waals surface area (Å²) in [6.07, 6.45) is 1.55. The Kier molecular flexibility index (Phi) is 4.55. The molecule has 0 radical (unpaired) electrons. The van der Waals surface area contributed by atoms with Crippen molar-refractivity contribution < 1.29 is 14.2 Å². The number of nitrogen functional groups attached to an aromatic ring is 1. The fourth-order valence-electron chi connectivity index (χ4n) is 2.76. The van der Waals surface area contributed by atoms with E-state index in [0.717, 1.165) is 11.4 Å². The molecular formula is C17H19N5O3. The van der Waals surface area contributed by atoms with Crippen LogP contribution >= 0.6 is 0 Å². The van der Waals surface area contributed by atoms with Gasteiger partial charge in [-0.25, -0.2) is 15.0 Å². The molecule has 4 rings (SSSR count). The van der Waals surface area contributed by atoms with Gasteiger partial charge in [0.05, 0.1) is 25.9 Å². The number of rotatable bonds is 6. The predicted molar refractivity (Wildman–Crippen MR) is 90.5 cm³/mol. The number of fused-ring (bicyclic) bond motifs is 1. The molecule has 0 saturated carbocycles. The van der Waals surface area contributed by atoms with Crippen LogP contribution in [0.15, 0.2) is 36.7 Å². The van der Waals surface area contributed by atoms with Gasteiger partial charge < -0.3 is 24.9 Å². The zero-order chi connectivity index (χ0) is 17.1. The Hall–Kier alpha value is -2.55. The summed E-state index contributed by atoms with van der Waals surface area (Å²) in [5, 5.41) is 0. The van der Waals surface area contributed by atoms with E-state index in [0.29, 0.717) is 43.2 Å². The maximum atomic E-state index is 5.86. The minimum absolute atomic E-state index is 0.0833. The Morgan fingerprint density at radius 3 is 2.96 bits per heavy atom. The Bertz CT molecular complexity index is 839. The van der Waals surface area contributed by atoms with Crippen LogP contribution in [0.25, 0.3) is 11.2 Å². The van der Waals surface area contributed by atoms with Gasteiger partial charge in [-0.15, -0.1) is 0 Å². The van der Waals surface area contributed by atoms with Gasteiger partial charge in [0.1, 0.15) is 17.7 Å². The average molecular weight is 341 g/mol. The highest BCUT2D eigenvalue weighted by Gasteiger charge is 2.27. The van der Waals surface area contributed by atoms with Crippen molar-refractivity contribution in [2.75, 3.05) is 18.9 Å². The Labute approximate surface area is 144 Å². The first-order chi connectivity index (χ1) is 12.3. The van der Waals surface area contributed by atoms with Crippen LogP contribution in [0.1, 0.15) is 11.4 Å². The predicted octanol–water partition coefficient (Wildman–Crippen LogP) is 1.44. The van der Waals surface area contributed by atoms with Crippen LogP contribution in [0.2, 0.25) is 0 Å². The van der Waals surface area contributed by atoms with Crippen molar-refractivity contribution in [3.63, 3.8) is 0 Å². The second-order valence-electron chi connectivity index (χ2n) is 5.87. The van der Waals surface area contributed by atoms with Crippen LogP contribution in [0.5, 0.6) is 0 Å². The highest BCUT2D eigenvalue weighted by atomic mass is 16.7. The van der Waals surface area contributed by atoms with E-state index < -0.39 is 0 Å². The normalized spacial score (nSPS) is 20.3. The van der Waals surface area contributed by atoms with Gasteiger partial charge in [-0.3, -0.25) is 0 Å². The fraction of sp³-hybridized carbons (Fsp3) is 0.353. The molecule has 8 nitrogen and oxygen atoms in total. The molecule has 130 valence electrons. The van der Waals surface area contributed by atoms with Crippen LogP contribution < -0.4 is 5.73 Å². The van der Waals surface area contributed by atoms with E-state index in [-0.39, 0.29) is 12.4 Å². The van der Waals surface area contributed by atoms with E-state index in [2.05, 4.69) is 19.9 Å². The average Bonchev–Trinajstić information content (AvgIpc) is 3.24. The molecule has 3 N–H and O–H groups in total. The first kappa shape index (κ1) is 15.9. The van der Waals surface area contributed by atoms with Crippen molar-refractivity contribution in [2.24, 2.45) is 0 Å². The van der Waals surface area contributed by atoms with Crippen LogP contribution in [-0.2, 0) is 27.2 Å². The lowest BCUT2D eigenvalue weighted by Gasteiger charge is -2.11. The summed E-state index contributed by atoms with van der Waals surface area (Å²) in [5.74, 6) is 1.14. The number of imidazole rings is 1. The van der Waals surface area contributed by atoms with E-state index in [1.807, 2.05) is 30.3 Å². The van der Waals surface area contributed by atoms with Crippen molar-refractivity contribution in [2.45, 2.75) is 25.4 Å². The Balaban J connectivity index is 1.28.